The number of benzene rings is 2. The van der Waals surface area contributed by atoms with Crippen LogP contribution in [0.1, 0.15) is 59.3 Å². The number of nitrogens with zero attached hydrogens (tertiary/aromatic N) is 5. The predicted octanol–water partition coefficient (Wildman–Crippen LogP) is 7.51. The number of hydrogen-bond acceptors (Lipinski definition) is 11. The minimum Gasteiger partial charge on any atom is -0.481 e. The second-order valence-corrected chi connectivity index (χ2v) is 15.1. The van der Waals surface area contributed by atoms with Gasteiger partial charge in [-0.2, -0.15) is 10.2 Å². The molecule has 14 heteroatoms. The zero-order chi connectivity index (χ0) is 39.4. The summed E-state index contributed by atoms with van der Waals surface area (Å²) in [5, 5.41) is 32.8. The van der Waals surface area contributed by atoms with Crippen LogP contribution < -0.4 is 19.5 Å². The fourth-order valence-electron chi connectivity index (χ4n) is 6.89. The molecule has 7 rings (SSSR count). The van der Waals surface area contributed by atoms with E-state index in [1.807, 2.05) is 42.5 Å². The summed E-state index contributed by atoms with van der Waals surface area (Å²) in [7, 11) is 1.59. The quantitative estimate of drug-likeness (QED) is 0.101. The van der Waals surface area contributed by atoms with Crippen LogP contribution in [-0.4, -0.2) is 63.8 Å². The third-order valence-electron chi connectivity index (χ3n) is 10.1. The number of aliphatic carboxylic acids is 1. The van der Waals surface area contributed by atoms with E-state index >= 15 is 0 Å². The molecule has 0 spiro atoms. The SMILES string of the molecule is COc1nc(-c2cccc(-c3cccc4c3CC[C@@H]4Oc3nc(OCc4cncc(C#N)c4)c(CC[C@@](C)(CO)C(=O)O)cc3Br)c2Cl)ccc1C1=NCCN1. The number of fused-ring (bicyclic) bond motifs is 1. The van der Waals surface area contributed by atoms with E-state index in [9.17, 15) is 20.3 Å². The van der Waals surface area contributed by atoms with E-state index in [1.54, 1.807) is 19.4 Å². The van der Waals surface area contributed by atoms with E-state index in [0.29, 0.717) is 56.6 Å². The Bertz CT molecular complexity index is 2390. The number of pyridine rings is 3. The molecule has 1 aliphatic heterocycles. The lowest BCUT2D eigenvalue weighted by atomic mass is 9.85. The second kappa shape index (κ2) is 16.7. The van der Waals surface area contributed by atoms with Gasteiger partial charge in [-0.05, 0) is 89.5 Å². The number of rotatable bonds is 14. The van der Waals surface area contributed by atoms with Crippen molar-refractivity contribution in [3.63, 3.8) is 0 Å². The van der Waals surface area contributed by atoms with Crippen molar-refractivity contribution in [1.29, 1.82) is 5.26 Å². The van der Waals surface area contributed by atoms with Crippen LogP contribution in [0.3, 0.4) is 0 Å². The van der Waals surface area contributed by atoms with Crippen molar-refractivity contribution in [2.24, 2.45) is 10.4 Å². The first kappa shape index (κ1) is 38.7. The lowest BCUT2D eigenvalue weighted by molar-refractivity contribution is -0.150. The van der Waals surface area contributed by atoms with Crippen molar-refractivity contribution < 1.29 is 29.2 Å². The van der Waals surface area contributed by atoms with Gasteiger partial charge >= 0.3 is 5.97 Å². The van der Waals surface area contributed by atoms with Crippen LogP contribution >= 0.6 is 27.5 Å². The second-order valence-electron chi connectivity index (χ2n) is 13.8. The highest BCUT2D eigenvalue weighted by Crippen LogP contribution is 2.45. The number of aliphatic hydroxyl groups is 1. The molecule has 2 atom stereocenters. The third kappa shape index (κ3) is 7.91. The van der Waals surface area contributed by atoms with Crippen molar-refractivity contribution in [2.75, 3.05) is 26.8 Å². The summed E-state index contributed by atoms with van der Waals surface area (Å²) >= 11 is 10.8. The van der Waals surface area contributed by atoms with Gasteiger partial charge in [0.05, 0.1) is 52.0 Å². The molecule has 0 saturated carbocycles. The fraction of sp³-hybridized carbons (Fsp3) is 0.286. The summed E-state index contributed by atoms with van der Waals surface area (Å²) in [6.45, 7) is 2.52. The molecule has 12 nitrogen and oxygen atoms in total. The third-order valence-corrected chi connectivity index (χ3v) is 11.1. The van der Waals surface area contributed by atoms with Gasteiger partial charge in [-0.15, -0.1) is 0 Å². The van der Waals surface area contributed by atoms with Crippen molar-refractivity contribution in [3.8, 4) is 46.1 Å². The van der Waals surface area contributed by atoms with Crippen LogP contribution in [-0.2, 0) is 24.2 Å². The van der Waals surface area contributed by atoms with Crippen LogP contribution in [0.4, 0.5) is 0 Å². The first-order valence-corrected chi connectivity index (χ1v) is 19.2. The molecule has 0 saturated heterocycles. The van der Waals surface area contributed by atoms with Crippen molar-refractivity contribution in [1.82, 2.24) is 20.3 Å². The summed E-state index contributed by atoms with van der Waals surface area (Å²) < 4.78 is 19.0. The van der Waals surface area contributed by atoms with E-state index in [2.05, 4.69) is 49.4 Å². The van der Waals surface area contributed by atoms with Crippen LogP contribution in [0.15, 0.2) is 82.5 Å². The zero-order valence-corrected chi connectivity index (χ0v) is 33.0. The average Bonchev–Trinajstić information content (AvgIpc) is 3.91. The fourth-order valence-corrected chi connectivity index (χ4v) is 7.68. The Morgan fingerprint density at radius 1 is 1.05 bits per heavy atom. The molecule has 4 heterocycles. The number of amidine groups is 1. The number of carboxylic acids is 1. The maximum Gasteiger partial charge on any atom is 0.311 e. The molecule has 3 aromatic heterocycles. The van der Waals surface area contributed by atoms with Crippen LogP contribution in [0.5, 0.6) is 17.6 Å². The molecular weight excluding hydrogens is 800 g/mol. The number of nitrogens with one attached hydrogen (secondary N) is 1. The van der Waals surface area contributed by atoms with Crippen LogP contribution in [0.25, 0.3) is 22.4 Å². The average molecular weight is 838 g/mol. The molecule has 0 radical (unpaired) electrons. The molecular formula is C42H38BrClN6O6. The number of carbonyl (C=O) groups is 1. The van der Waals surface area contributed by atoms with Gasteiger partial charge in [0.15, 0.2) is 0 Å². The molecule has 2 aliphatic rings. The Balaban J connectivity index is 1.17. The number of hydrogen-bond donors (Lipinski definition) is 3. The molecule has 2 aromatic carbocycles. The summed E-state index contributed by atoms with van der Waals surface area (Å²) in [6, 6.07) is 21.5. The molecule has 286 valence electrons. The van der Waals surface area contributed by atoms with Gasteiger partial charge < -0.3 is 29.7 Å². The van der Waals surface area contributed by atoms with E-state index < -0.39 is 18.0 Å². The Hall–Kier alpha value is -5.55. The molecule has 3 N–H and O–H groups in total. The van der Waals surface area contributed by atoms with Crippen molar-refractivity contribution in [3.05, 3.63) is 116 Å². The first-order valence-electron chi connectivity index (χ1n) is 18.0. The lowest BCUT2D eigenvalue weighted by Gasteiger charge is -2.23. The molecule has 56 heavy (non-hydrogen) atoms. The topological polar surface area (TPSA) is 172 Å². The highest BCUT2D eigenvalue weighted by Gasteiger charge is 2.33. The molecule has 0 amide bonds. The molecule has 0 unspecified atom stereocenters. The number of aliphatic imine (C=N–C) groups is 1. The van der Waals surface area contributed by atoms with Gasteiger partial charge in [0.1, 0.15) is 24.6 Å². The minimum atomic E-state index is -1.35. The maximum absolute atomic E-state index is 11.9. The number of carboxylic acid groups (broad SMARTS) is 1. The van der Waals surface area contributed by atoms with Gasteiger partial charge in [-0.1, -0.05) is 48.0 Å². The normalized spacial score (nSPS) is 15.6. The zero-order valence-electron chi connectivity index (χ0n) is 30.7. The maximum atomic E-state index is 11.9. The number of nitriles is 1. The van der Waals surface area contributed by atoms with E-state index in [4.69, 9.17) is 35.8 Å². The molecule has 1 aliphatic carbocycles. The number of aromatic nitrogens is 3. The predicted molar refractivity (Wildman–Crippen MR) is 214 cm³/mol. The van der Waals surface area contributed by atoms with Gasteiger partial charge in [-0.25, -0.2) is 4.98 Å². The summed E-state index contributed by atoms with van der Waals surface area (Å²) in [4.78, 5) is 30.2. The van der Waals surface area contributed by atoms with E-state index in [0.717, 1.165) is 52.2 Å². The number of methoxy groups -OCH3 is 1. The molecule has 0 bridgehead atoms. The summed E-state index contributed by atoms with van der Waals surface area (Å²) in [5.74, 6) is 0.687. The Morgan fingerprint density at radius 2 is 1.86 bits per heavy atom. The number of aliphatic hydroxyl groups excluding tert-OH is 1. The lowest BCUT2D eigenvalue weighted by Crippen LogP contribution is -2.32. The van der Waals surface area contributed by atoms with Gasteiger partial charge in [0.25, 0.3) is 0 Å². The van der Waals surface area contributed by atoms with Crippen molar-refractivity contribution >= 4 is 39.3 Å². The summed E-state index contributed by atoms with van der Waals surface area (Å²) in [5.41, 5.74) is 6.59. The smallest absolute Gasteiger partial charge is 0.311 e. The highest BCUT2D eigenvalue weighted by atomic mass is 79.9. The highest BCUT2D eigenvalue weighted by molar-refractivity contribution is 9.10. The van der Waals surface area contributed by atoms with E-state index in [1.165, 1.54) is 13.1 Å². The minimum absolute atomic E-state index is 0.0637. The molecule has 0 fully saturated rings. The number of aryl methyl sites for hydroxylation is 1. The molecule has 5 aromatic rings. The largest absolute Gasteiger partial charge is 0.481 e. The Labute approximate surface area is 337 Å². The number of halogens is 2. The van der Waals surface area contributed by atoms with Gasteiger partial charge in [0, 0.05) is 41.2 Å². The van der Waals surface area contributed by atoms with Gasteiger partial charge in [0.2, 0.25) is 17.6 Å². The monoisotopic (exact) mass is 836 g/mol. The van der Waals surface area contributed by atoms with Crippen molar-refractivity contribution in [2.45, 2.75) is 45.3 Å². The summed E-state index contributed by atoms with van der Waals surface area (Å²) in [6.07, 6.45) is 4.56. The Morgan fingerprint density at radius 3 is 2.61 bits per heavy atom. The van der Waals surface area contributed by atoms with Gasteiger partial charge in [-0.3, -0.25) is 14.8 Å². The van der Waals surface area contributed by atoms with E-state index in [-0.39, 0.29) is 31.4 Å². The number of ether oxygens (including phenoxy) is 3. The Kier molecular flexibility index (Phi) is 11.5. The standard InChI is InChI=1S/C42H38BrClN6O6/c1-42(23-51,41(52)53)14-13-26-18-33(43)40(50-38(26)55-22-25-17-24(19-45)20-46-21-25)56-35-12-10-28-27(5-3-6-29(28)35)30-7-4-8-31(36(30)44)34-11-9-32(39(49-34)54-2)37-47-15-16-48-37/h3-9,11,17-18,20-21,35,51H,10,12-16,22-23H2,1-2H3,(H,47,48)(H,52,53)/t35-,42-/m0/s1. The van der Waals surface area contributed by atoms with Crippen LogP contribution in [0, 0.1) is 16.7 Å². The van der Waals surface area contributed by atoms with Crippen LogP contribution in [0.2, 0.25) is 5.02 Å². The first-order chi connectivity index (χ1) is 27.1.